The Balaban J connectivity index is 1.96. The van der Waals surface area contributed by atoms with E-state index in [1.165, 1.54) is 0 Å². The Bertz CT molecular complexity index is 280. The zero-order valence-electron chi connectivity index (χ0n) is 10.4. The molecule has 1 N–H and O–H groups in total. The van der Waals surface area contributed by atoms with E-state index in [0.29, 0.717) is 0 Å². The number of rotatable bonds is 3. The third-order valence-electron chi connectivity index (χ3n) is 3.76. The van der Waals surface area contributed by atoms with Crippen LogP contribution in [0.1, 0.15) is 25.7 Å². The standard InChI is InChI=1S/C12H21NO4/c1-16-10-3-6-17-12(7-10)4-2-5-13(9-12)8-11(14)15/h10H,2-9H2,1H3,(H,14,15)/t10-,12-/m0/s1. The Morgan fingerprint density at radius 1 is 1.65 bits per heavy atom. The Kier molecular flexibility index (Phi) is 4.01. The minimum absolute atomic E-state index is 0.114. The molecular weight excluding hydrogens is 222 g/mol. The molecule has 2 atom stereocenters. The molecule has 0 amide bonds. The Labute approximate surface area is 102 Å². The van der Waals surface area contributed by atoms with E-state index in [0.717, 1.165) is 45.4 Å². The minimum Gasteiger partial charge on any atom is -0.480 e. The van der Waals surface area contributed by atoms with Gasteiger partial charge in [-0.2, -0.15) is 0 Å². The molecule has 0 aliphatic carbocycles. The third-order valence-corrected chi connectivity index (χ3v) is 3.76. The lowest BCUT2D eigenvalue weighted by Gasteiger charge is -2.46. The zero-order chi connectivity index (χ0) is 12.3. The molecule has 2 rings (SSSR count). The van der Waals surface area contributed by atoms with Crippen molar-refractivity contribution in [3.63, 3.8) is 0 Å². The van der Waals surface area contributed by atoms with Gasteiger partial charge in [-0.1, -0.05) is 0 Å². The number of likely N-dealkylation sites (tertiary alicyclic amines) is 1. The lowest BCUT2D eigenvalue weighted by Crippen LogP contribution is -2.54. The first-order chi connectivity index (χ1) is 8.13. The number of carbonyl (C=O) groups is 1. The van der Waals surface area contributed by atoms with Crippen LogP contribution in [-0.4, -0.2) is 61.0 Å². The molecule has 0 unspecified atom stereocenters. The van der Waals surface area contributed by atoms with Crippen molar-refractivity contribution in [1.29, 1.82) is 0 Å². The fourth-order valence-electron chi connectivity index (χ4n) is 2.99. The first kappa shape index (κ1) is 12.8. The van der Waals surface area contributed by atoms with Gasteiger partial charge in [0.05, 0.1) is 18.2 Å². The molecule has 0 aromatic rings. The normalized spacial score (nSPS) is 35.0. The summed E-state index contributed by atoms with van der Waals surface area (Å²) in [4.78, 5) is 12.7. The quantitative estimate of drug-likeness (QED) is 0.792. The van der Waals surface area contributed by atoms with Crippen LogP contribution in [0.15, 0.2) is 0 Å². The summed E-state index contributed by atoms with van der Waals surface area (Å²) in [6.07, 6.45) is 4.11. The Morgan fingerprint density at radius 3 is 3.18 bits per heavy atom. The number of aliphatic carboxylic acids is 1. The lowest BCUT2D eigenvalue weighted by atomic mass is 9.84. The van der Waals surface area contributed by atoms with Crippen molar-refractivity contribution in [3.8, 4) is 0 Å². The summed E-state index contributed by atoms with van der Waals surface area (Å²) in [7, 11) is 1.74. The maximum Gasteiger partial charge on any atom is 0.317 e. The molecule has 0 radical (unpaired) electrons. The van der Waals surface area contributed by atoms with Gasteiger partial charge in [-0.15, -0.1) is 0 Å². The molecule has 0 aromatic carbocycles. The molecule has 0 bridgehead atoms. The molecule has 1 spiro atoms. The van der Waals surface area contributed by atoms with Crippen molar-refractivity contribution in [3.05, 3.63) is 0 Å². The number of methoxy groups -OCH3 is 1. The van der Waals surface area contributed by atoms with E-state index in [2.05, 4.69) is 0 Å². The molecular formula is C12H21NO4. The maximum atomic E-state index is 10.8. The number of hydrogen-bond donors (Lipinski definition) is 1. The van der Waals surface area contributed by atoms with Crippen LogP contribution in [0.4, 0.5) is 0 Å². The summed E-state index contributed by atoms with van der Waals surface area (Å²) in [6.45, 7) is 2.41. The first-order valence-electron chi connectivity index (χ1n) is 6.24. The van der Waals surface area contributed by atoms with Gasteiger partial charge in [-0.25, -0.2) is 0 Å². The van der Waals surface area contributed by atoms with Crippen LogP contribution in [-0.2, 0) is 14.3 Å². The van der Waals surface area contributed by atoms with Crippen molar-refractivity contribution in [1.82, 2.24) is 4.90 Å². The highest BCUT2D eigenvalue weighted by molar-refractivity contribution is 5.69. The van der Waals surface area contributed by atoms with Crippen LogP contribution in [0.2, 0.25) is 0 Å². The second-order valence-electron chi connectivity index (χ2n) is 5.09. The second-order valence-corrected chi connectivity index (χ2v) is 5.09. The SMILES string of the molecule is CO[C@H]1CCO[C@@]2(CCCN(CC(=O)O)C2)C1. The van der Waals surface area contributed by atoms with Gasteiger partial charge in [0, 0.05) is 26.7 Å². The number of piperidine rings is 1. The first-order valence-corrected chi connectivity index (χ1v) is 6.24. The van der Waals surface area contributed by atoms with Crippen LogP contribution in [0.5, 0.6) is 0 Å². The van der Waals surface area contributed by atoms with Crippen molar-refractivity contribution in [2.45, 2.75) is 37.4 Å². The van der Waals surface area contributed by atoms with Crippen LogP contribution in [0.25, 0.3) is 0 Å². The molecule has 2 saturated heterocycles. The number of ether oxygens (including phenoxy) is 2. The maximum absolute atomic E-state index is 10.8. The van der Waals surface area contributed by atoms with E-state index in [1.54, 1.807) is 7.11 Å². The van der Waals surface area contributed by atoms with Gasteiger partial charge in [0.25, 0.3) is 0 Å². The van der Waals surface area contributed by atoms with Gasteiger partial charge in [0.1, 0.15) is 0 Å². The molecule has 17 heavy (non-hydrogen) atoms. The molecule has 98 valence electrons. The molecule has 2 aliphatic heterocycles. The molecule has 2 aliphatic rings. The second kappa shape index (κ2) is 5.33. The Morgan fingerprint density at radius 2 is 2.47 bits per heavy atom. The summed E-state index contributed by atoms with van der Waals surface area (Å²) >= 11 is 0. The predicted octanol–water partition coefficient (Wildman–Crippen LogP) is 0.731. The van der Waals surface area contributed by atoms with Gasteiger partial charge in [0.15, 0.2) is 0 Å². The third kappa shape index (κ3) is 3.18. The fraction of sp³-hybridized carbons (Fsp3) is 0.917. The topological polar surface area (TPSA) is 59.0 Å². The number of nitrogens with zero attached hydrogens (tertiary/aromatic N) is 1. The van der Waals surface area contributed by atoms with E-state index in [4.69, 9.17) is 14.6 Å². The summed E-state index contributed by atoms with van der Waals surface area (Å²) < 4.78 is 11.4. The number of carboxylic acid groups (broad SMARTS) is 1. The number of carboxylic acids is 1. The molecule has 0 saturated carbocycles. The van der Waals surface area contributed by atoms with E-state index < -0.39 is 5.97 Å². The molecule has 5 heteroatoms. The van der Waals surface area contributed by atoms with Crippen molar-refractivity contribution >= 4 is 5.97 Å². The smallest absolute Gasteiger partial charge is 0.317 e. The number of hydrogen-bond acceptors (Lipinski definition) is 4. The van der Waals surface area contributed by atoms with Crippen LogP contribution >= 0.6 is 0 Å². The fourth-order valence-corrected chi connectivity index (χ4v) is 2.99. The zero-order valence-corrected chi connectivity index (χ0v) is 10.4. The van der Waals surface area contributed by atoms with Gasteiger partial charge in [-0.3, -0.25) is 9.69 Å². The van der Waals surface area contributed by atoms with Crippen LogP contribution in [0.3, 0.4) is 0 Å². The summed E-state index contributed by atoms with van der Waals surface area (Å²) in [5.41, 5.74) is -0.174. The Hall–Kier alpha value is -0.650. The van der Waals surface area contributed by atoms with Gasteiger partial charge in [-0.05, 0) is 25.8 Å². The van der Waals surface area contributed by atoms with E-state index in [9.17, 15) is 4.79 Å². The van der Waals surface area contributed by atoms with Crippen LogP contribution in [0, 0.1) is 0 Å². The highest BCUT2D eigenvalue weighted by Crippen LogP contribution is 2.34. The molecule has 0 aromatic heterocycles. The van der Waals surface area contributed by atoms with E-state index >= 15 is 0 Å². The van der Waals surface area contributed by atoms with Gasteiger partial charge >= 0.3 is 5.97 Å². The molecule has 5 nitrogen and oxygen atoms in total. The molecule has 2 heterocycles. The van der Waals surface area contributed by atoms with E-state index in [1.807, 2.05) is 4.90 Å². The molecule has 2 fully saturated rings. The average Bonchev–Trinajstić information content (AvgIpc) is 2.28. The van der Waals surface area contributed by atoms with Crippen LogP contribution < -0.4 is 0 Å². The predicted molar refractivity (Wildman–Crippen MR) is 62.0 cm³/mol. The van der Waals surface area contributed by atoms with Crippen molar-refractivity contribution < 1.29 is 19.4 Å². The summed E-state index contributed by atoms with van der Waals surface area (Å²) in [6, 6.07) is 0. The monoisotopic (exact) mass is 243 g/mol. The highest BCUT2D eigenvalue weighted by Gasteiger charge is 2.41. The van der Waals surface area contributed by atoms with Crippen molar-refractivity contribution in [2.24, 2.45) is 0 Å². The minimum atomic E-state index is -0.763. The largest absolute Gasteiger partial charge is 0.480 e. The van der Waals surface area contributed by atoms with Crippen molar-refractivity contribution in [2.75, 3.05) is 33.4 Å². The summed E-state index contributed by atoms with van der Waals surface area (Å²) in [5, 5.41) is 8.84. The van der Waals surface area contributed by atoms with E-state index in [-0.39, 0.29) is 18.2 Å². The average molecular weight is 243 g/mol. The van der Waals surface area contributed by atoms with Gasteiger partial charge < -0.3 is 14.6 Å². The highest BCUT2D eigenvalue weighted by atomic mass is 16.5. The van der Waals surface area contributed by atoms with Gasteiger partial charge in [0.2, 0.25) is 0 Å². The lowest BCUT2D eigenvalue weighted by molar-refractivity contribution is -0.158. The summed E-state index contributed by atoms with van der Waals surface area (Å²) in [5.74, 6) is -0.763.